The number of rotatable bonds is 5. The Kier molecular flexibility index (Phi) is 4.56. The summed E-state index contributed by atoms with van der Waals surface area (Å²) in [6.07, 6.45) is 5.66. The summed E-state index contributed by atoms with van der Waals surface area (Å²) >= 11 is 0. The zero-order valence-corrected chi connectivity index (χ0v) is 13.3. The lowest BCUT2D eigenvalue weighted by atomic mass is 10.3. The molecule has 7 nitrogen and oxygen atoms in total. The van der Waals surface area contributed by atoms with Crippen LogP contribution in [-0.2, 0) is 4.74 Å². The molecule has 0 aliphatic carbocycles. The van der Waals surface area contributed by atoms with Crippen molar-refractivity contribution in [3.05, 3.63) is 18.2 Å². The van der Waals surface area contributed by atoms with E-state index in [9.17, 15) is 4.79 Å². The predicted molar refractivity (Wildman–Crippen MR) is 82.2 cm³/mol. The Morgan fingerprint density at radius 3 is 2.76 bits per heavy atom. The average molecular weight is 313 g/mol. The summed E-state index contributed by atoms with van der Waals surface area (Å²) in [4.78, 5) is 17.7. The van der Waals surface area contributed by atoms with Crippen LogP contribution in [0.25, 0.3) is 11.0 Å². The summed E-state index contributed by atoms with van der Waals surface area (Å²) < 4.78 is 10.2. The van der Waals surface area contributed by atoms with Gasteiger partial charge in [-0.1, -0.05) is 4.85 Å². The summed E-state index contributed by atoms with van der Waals surface area (Å²) in [5, 5.41) is 7.66. The molecule has 1 aromatic heterocycles. The molecule has 0 bridgehead atoms. The van der Waals surface area contributed by atoms with Gasteiger partial charge >= 0.3 is 6.16 Å². The van der Waals surface area contributed by atoms with Crippen molar-refractivity contribution in [2.75, 3.05) is 38.2 Å². The van der Waals surface area contributed by atoms with E-state index in [1.165, 1.54) is 0 Å². The largest absolute Gasteiger partial charge is 0.535 e. The molecule has 0 radical (unpaired) electrons. The van der Waals surface area contributed by atoms with Crippen LogP contribution < -0.4 is 9.57 Å². The highest BCUT2D eigenvalue weighted by molar-refractivity contribution is 8.32. The molecule has 0 aliphatic heterocycles. The fourth-order valence-corrected chi connectivity index (χ4v) is 2.13. The van der Waals surface area contributed by atoms with E-state index in [4.69, 9.17) is 14.3 Å². The number of carbonyl (C=O) groups is 1. The van der Waals surface area contributed by atoms with Crippen molar-refractivity contribution in [2.45, 2.75) is 0 Å². The lowest BCUT2D eigenvalue weighted by Crippen LogP contribution is -2.23. The zero-order valence-electron chi connectivity index (χ0n) is 12.5. The molecule has 0 saturated carbocycles. The van der Waals surface area contributed by atoms with Crippen molar-refractivity contribution in [1.82, 2.24) is 15.2 Å². The van der Waals surface area contributed by atoms with Gasteiger partial charge in [0.25, 0.3) is 0 Å². The topological polar surface area (TPSA) is 75.5 Å². The Bertz CT molecular complexity index is 636. The second-order valence-corrected chi connectivity index (χ2v) is 9.89. The van der Waals surface area contributed by atoms with Gasteiger partial charge in [0.15, 0.2) is 0 Å². The van der Waals surface area contributed by atoms with E-state index in [-0.39, 0.29) is 0 Å². The minimum absolute atomic E-state index is 0.327. The first-order valence-corrected chi connectivity index (χ1v) is 9.32. The van der Waals surface area contributed by atoms with Crippen molar-refractivity contribution < 1.29 is 19.1 Å². The second kappa shape index (κ2) is 6.21. The van der Waals surface area contributed by atoms with Crippen LogP contribution in [-0.4, -0.2) is 59.5 Å². The maximum absolute atomic E-state index is 11.6. The maximum atomic E-state index is 11.6. The van der Waals surface area contributed by atoms with E-state index in [0.717, 1.165) is 10.6 Å². The molecule has 0 atom stereocenters. The van der Waals surface area contributed by atoms with E-state index in [2.05, 4.69) is 29.1 Å². The molecular formula is C13H19N3O4S. The molecule has 2 rings (SSSR count). The Morgan fingerprint density at radius 1 is 1.33 bits per heavy atom. The first-order valence-electron chi connectivity index (χ1n) is 6.29. The molecule has 1 aromatic carbocycles. The first-order chi connectivity index (χ1) is 9.89. The third-order valence-corrected chi connectivity index (χ3v) is 4.09. The van der Waals surface area contributed by atoms with Crippen molar-refractivity contribution in [3.63, 3.8) is 0 Å². The smallest absolute Gasteiger partial charge is 0.497 e. The standard InChI is InChI=1S/C13H19N3O4S/c1-18-10-5-6-11-12(9-10)16(15-14-11)20-13(17)19-7-8-21(2,3)4/h5-6,9H,7-8H2,1-4H3. The third kappa shape index (κ3) is 4.25. The number of aromatic nitrogens is 3. The Labute approximate surface area is 124 Å². The maximum Gasteiger partial charge on any atom is 0.535 e. The predicted octanol–water partition coefficient (Wildman–Crippen LogP) is 1.70. The first kappa shape index (κ1) is 15.4. The van der Waals surface area contributed by atoms with Gasteiger partial charge in [0.1, 0.15) is 23.4 Å². The fraction of sp³-hybridized carbons (Fsp3) is 0.462. The molecule has 0 fully saturated rings. The van der Waals surface area contributed by atoms with E-state index in [1.54, 1.807) is 25.3 Å². The van der Waals surface area contributed by atoms with Crippen LogP contribution in [0.3, 0.4) is 0 Å². The van der Waals surface area contributed by atoms with Gasteiger partial charge in [-0.15, -0.1) is 5.10 Å². The normalized spacial score (nSPS) is 12.2. The van der Waals surface area contributed by atoms with Crippen LogP contribution >= 0.6 is 10.0 Å². The molecule has 0 amide bonds. The Morgan fingerprint density at radius 2 is 2.10 bits per heavy atom. The van der Waals surface area contributed by atoms with Crippen molar-refractivity contribution in [2.24, 2.45) is 0 Å². The van der Waals surface area contributed by atoms with Crippen LogP contribution in [0.1, 0.15) is 0 Å². The molecule has 0 saturated heterocycles. The number of carbonyl (C=O) groups excluding carboxylic acids is 1. The van der Waals surface area contributed by atoms with E-state index in [0.29, 0.717) is 23.4 Å². The molecule has 116 valence electrons. The third-order valence-electron chi connectivity index (χ3n) is 2.70. The summed E-state index contributed by atoms with van der Waals surface area (Å²) in [5.74, 6) is 1.45. The van der Waals surface area contributed by atoms with Crippen LogP contribution in [0.2, 0.25) is 0 Å². The Balaban J connectivity index is 2.01. The highest BCUT2D eigenvalue weighted by Gasteiger charge is 2.13. The molecular weight excluding hydrogens is 294 g/mol. The summed E-state index contributed by atoms with van der Waals surface area (Å²) in [6, 6.07) is 5.17. The number of hydrogen-bond acceptors (Lipinski definition) is 6. The highest BCUT2D eigenvalue weighted by Crippen LogP contribution is 2.33. The monoisotopic (exact) mass is 313 g/mol. The number of nitrogens with zero attached hydrogens (tertiary/aromatic N) is 3. The SMILES string of the molecule is COc1ccc2nnn(OC(=O)OCCS(C)(C)C)c2c1. The fourth-order valence-electron chi connectivity index (χ4n) is 1.54. The van der Waals surface area contributed by atoms with E-state index >= 15 is 0 Å². The van der Waals surface area contributed by atoms with E-state index < -0.39 is 16.2 Å². The van der Waals surface area contributed by atoms with Crippen LogP contribution in [0.15, 0.2) is 18.2 Å². The molecule has 0 N–H and O–H groups in total. The van der Waals surface area contributed by atoms with Crippen LogP contribution in [0, 0.1) is 0 Å². The number of ether oxygens (including phenoxy) is 2. The number of methoxy groups -OCH3 is 1. The molecule has 0 spiro atoms. The van der Waals surface area contributed by atoms with Gasteiger partial charge in [-0.25, -0.2) is 14.8 Å². The summed E-state index contributed by atoms with van der Waals surface area (Å²) in [6.45, 7) is 0.327. The minimum Gasteiger partial charge on any atom is -0.497 e. The van der Waals surface area contributed by atoms with Crippen molar-refractivity contribution in [1.29, 1.82) is 0 Å². The molecule has 0 aliphatic rings. The molecule has 8 heteroatoms. The number of fused-ring (bicyclic) bond motifs is 1. The van der Waals surface area contributed by atoms with Gasteiger partial charge in [-0.2, -0.15) is 0 Å². The van der Waals surface area contributed by atoms with Gasteiger partial charge in [0, 0.05) is 11.8 Å². The summed E-state index contributed by atoms with van der Waals surface area (Å²) in [7, 11) is 0.845. The Hall–Kier alpha value is -1.96. The second-order valence-electron chi connectivity index (χ2n) is 5.30. The molecule has 1 heterocycles. The van der Waals surface area contributed by atoms with Crippen molar-refractivity contribution in [3.8, 4) is 5.75 Å². The van der Waals surface area contributed by atoms with Gasteiger partial charge in [0.2, 0.25) is 0 Å². The van der Waals surface area contributed by atoms with Gasteiger partial charge in [0.05, 0.1) is 7.11 Å². The van der Waals surface area contributed by atoms with Crippen LogP contribution in [0.4, 0.5) is 4.79 Å². The quantitative estimate of drug-likeness (QED) is 0.618. The van der Waals surface area contributed by atoms with Crippen LogP contribution in [0.5, 0.6) is 5.75 Å². The molecule has 2 aromatic rings. The van der Waals surface area contributed by atoms with Gasteiger partial charge in [-0.3, -0.25) is 4.84 Å². The summed E-state index contributed by atoms with van der Waals surface area (Å²) in [5.41, 5.74) is 1.13. The lowest BCUT2D eigenvalue weighted by Gasteiger charge is -2.24. The number of benzene rings is 1. The minimum atomic E-state index is -0.798. The zero-order chi connectivity index (χ0) is 15.5. The van der Waals surface area contributed by atoms with Crippen molar-refractivity contribution >= 4 is 27.2 Å². The molecule has 0 unspecified atom stereocenters. The highest BCUT2D eigenvalue weighted by atomic mass is 32.3. The average Bonchev–Trinajstić information content (AvgIpc) is 2.79. The van der Waals surface area contributed by atoms with Gasteiger partial charge in [-0.05, 0) is 36.1 Å². The molecule has 21 heavy (non-hydrogen) atoms. The number of hydrogen-bond donors (Lipinski definition) is 0. The lowest BCUT2D eigenvalue weighted by molar-refractivity contribution is 0.0433. The van der Waals surface area contributed by atoms with Gasteiger partial charge < -0.3 is 9.47 Å². The van der Waals surface area contributed by atoms with E-state index in [1.807, 2.05) is 0 Å².